The summed E-state index contributed by atoms with van der Waals surface area (Å²) >= 11 is 1.46. The van der Waals surface area contributed by atoms with Crippen molar-refractivity contribution in [2.45, 2.75) is 25.3 Å². The fourth-order valence-electron chi connectivity index (χ4n) is 2.16. The molecule has 1 saturated heterocycles. The average Bonchev–Trinajstić information content (AvgIpc) is 2.96. The second kappa shape index (κ2) is 7.44. The van der Waals surface area contributed by atoms with Gasteiger partial charge in [0.2, 0.25) is 0 Å². The smallest absolute Gasteiger partial charge is 0.254 e. The maximum Gasteiger partial charge on any atom is 0.254 e. The molecule has 2 rings (SSSR count). The minimum absolute atomic E-state index is 0.0448. The summed E-state index contributed by atoms with van der Waals surface area (Å²) in [6.45, 7) is 1.52. The van der Waals surface area contributed by atoms with Gasteiger partial charge >= 0.3 is 0 Å². The molecule has 0 bridgehead atoms. The van der Waals surface area contributed by atoms with Gasteiger partial charge in [0.05, 0.1) is 17.0 Å². The van der Waals surface area contributed by atoms with Gasteiger partial charge in [-0.25, -0.2) is 0 Å². The van der Waals surface area contributed by atoms with E-state index >= 15 is 0 Å². The van der Waals surface area contributed by atoms with Crippen LogP contribution in [-0.4, -0.2) is 48.8 Å². The van der Waals surface area contributed by atoms with Crippen molar-refractivity contribution in [3.63, 3.8) is 0 Å². The Hall–Kier alpha value is -1.35. The van der Waals surface area contributed by atoms with E-state index in [0.29, 0.717) is 12.0 Å². The molecule has 0 aromatic carbocycles. The zero-order valence-corrected chi connectivity index (χ0v) is 12.4. The minimum atomic E-state index is 0.0448. The third-order valence-corrected chi connectivity index (χ3v) is 4.20. The summed E-state index contributed by atoms with van der Waals surface area (Å²) in [5.74, 6) is 5.87. The van der Waals surface area contributed by atoms with E-state index in [0.717, 1.165) is 30.9 Å². The van der Waals surface area contributed by atoms with E-state index in [1.165, 1.54) is 11.3 Å². The number of carbonyl (C=O) groups excluding carboxylic acids is 1. The molecule has 108 valence electrons. The first-order chi connectivity index (χ1) is 9.72. The molecule has 1 aliphatic rings. The van der Waals surface area contributed by atoms with Crippen molar-refractivity contribution in [3.8, 4) is 11.8 Å². The number of thiophene rings is 1. The highest BCUT2D eigenvalue weighted by Gasteiger charge is 2.23. The van der Waals surface area contributed by atoms with Gasteiger partial charge in [-0.2, -0.15) is 0 Å². The average molecular weight is 293 g/mol. The zero-order valence-electron chi connectivity index (χ0n) is 11.6. The Labute approximate surface area is 123 Å². The summed E-state index contributed by atoms with van der Waals surface area (Å²) in [5, 5.41) is 10.5. The van der Waals surface area contributed by atoms with Crippen LogP contribution in [-0.2, 0) is 4.74 Å². The Balaban J connectivity index is 2.00. The van der Waals surface area contributed by atoms with Crippen molar-refractivity contribution >= 4 is 17.2 Å². The SMILES string of the molecule is CN(C(=O)c1csc(C#CCCO)c1)C1CCOCC1. The number of carbonyl (C=O) groups is 1. The number of hydrogen-bond acceptors (Lipinski definition) is 4. The Kier molecular flexibility index (Phi) is 5.60. The van der Waals surface area contributed by atoms with E-state index in [-0.39, 0.29) is 18.6 Å². The van der Waals surface area contributed by atoms with E-state index < -0.39 is 0 Å². The van der Waals surface area contributed by atoms with Gasteiger partial charge in [-0.3, -0.25) is 4.79 Å². The lowest BCUT2D eigenvalue weighted by molar-refractivity contribution is 0.0362. The topological polar surface area (TPSA) is 49.8 Å². The summed E-state index contributed by atoms with van der Waals surface area (Å²) in [6.07, 6.45) is 2.26. The molecule has 1 N–H and O–H groups in total. The fourth-order valence-corrected chi connectivity index (χ4v) is 2.91. The highest BCUT2D eigenvalue weighted by atomic mass is 32.1. The number of rotatable bonds is 3. The lowest BCUT2D eigenvalue weighted by Crippen LogP contribution is -2.40. The maximum absolute atomic E-state index is 12.4. The van der Waals surface area contributed by atoms with Crippen molar-refractivity contribution in [1.82, 2.24) is 4.90 Å². The molecule has 2 heterocycles. The summed E-state index contributed by atoms with van der Waals surface area (Å²) in [7, 11) is 1.85. The highest BCUT2D eigenvalue weighted by molar-refractivity contribution is 7.10. The molecule has 0 spiro atoms. The van der Waals surface area contributed by atoms with Gasteiger partial charge in [-0.05, 0) is 18.9 Å². The van der Waals surface area contributed by atoms with Gasteiger partial charge in [0.15, 0.2) is 0 Å². The Morgan fingerprint density at radius 1 is 1.55 bits per heavy atom. The molecule has 1 aromatic rings. The van der Waals surface area contributed by atoms with Crippen molar-refractivity contribution < 1.29 is 14.6 Å². The molecule has 1 fully saturated rings. The first-order valence-corrected chi connectivity index (χ1v) is 7.63. The van der Waals surface area contributed by atoms with Gasteiger partial charge in [0, 0.05) is 38.1 Å². The molecular weight excluding hydrogens is 274 g/mol. The quantitative estimate of drug-likeness (QED) is 0.864. The molecule has 0 atom stereocenters. The molecule has 1 amide bonds. The lowest BCUT2D eigenvalue weighted by atomic mass is 10.1. The van der Waals surface area contributed by atoms with Crippen LogP contribution in [0.3, 0.4) is 0 Å². The molecule has 0 aliphatic carbocycles. The zero-order chi connectivity index (χ0) is 14.4. The van der Waals surface area contributed by atoms with Crippen molar-refractivity contribution in [2.24, 2.45) is 0 Å². The van der Waals surface area contributed by atoms with Crippen LogP contribution in [0, 0.1) is 11.8 Å². The second-order valence-electron chi connectivity index (χ2n) is 4.73. The number of aliphatic hydroxyl groups excluding tert-OH is 1. The van der Waals surface area contributed by atoms with Crippen LogP contribution in [0.1, 0.15) is 34.5 Å². The summed E-state index contributed by atoms with van der Waals surface area (Å²) in [6, 6.07) is 2.09. The van der Waals surface area contributed by atoms with Gasteiger partial charge in [-0.15, -0.1) is 11.3 Å². The number of aliphatic hydroxyl groups is 1. The Morgan fingerprint density at radius 2 is 2.30 bits per heavy atom. The van der Waals surface area contributed by atoms with E-state index in [1.807, 2.05) is 23.4 Å². The third kappa shape index (κ3) is 3.83. The van der Waals surface area contributed by atoms with Crippen LogP contribution < -0.4 is 0 Å². The van der Waals surface area contributed by atoms with Gasteiger partial charge < -0.3 is 14.7 Å². The summed E-state index contributed by atoms with van der Waals surface area (Å²) in [4.78, 5) is 15.1. The molecular formula is C15H19NO3S. The van der Waals surface area contributed by atoms with Crippen LogP contribution in [0.2, 0.25) is 0 Å². The van der Waals surface area contributed by atoms with E-state index in [2.05, 4.69) is 11.8 Å². The normalized spacial score (nSPS) is 15.5. The monoisotopic (exact) mass is 293 g/mol. The van der Waals surface area contributed by atoms with Crippen LogP contribution in [0.4, 0.5) is 0 Å². The molecule has 20 heavy (non-hydrogen) atoms. The number of amides is 1. The van der Waals surface area contributed by atoms with Crippen LogP contribution in [0.15, 0.2) is 11.4 Å². The summed E-state index contributed by atoms with van der Waals surface area (Å²) < 4.78 is 5.32. The highest BCUT2D eigenvalue weighted by Crippen LogP contribution is 2.19. The largest absolute Gasteiger partial charge is 0.395 e. The minimum Gasteiger partial charge on any atom is -0.395 e. The van der Waals surface area contributed by atoms with Crippen molar-refractivity contribution in [3.05, 3.63) is 21.9 Å². The Morgan fingerprint density at radius 3 is 3.00 bits per heavy atom. The van der Waals surface area contributed by atoms with Crippen LogP contribution >= 0.6 is 11.3 Å². The van der Waals surface area contributed by atoms with Gasteiger partial charge in [0.25, 0.3) is 5.91 Å². The first-order valence-electron chi connectivity index (χ1n) is 6.75. The number of nitrogens with zero attached hydrogens (tertiary/aromatic N) is 1. The standard InChI is InChI=1S/C15H19NO3S/c1-16(13-5-8-19-9-6-13)15(18)12-10-14(20-11-12)4-2-3-7-17/h10-11,13,17H,3,5-9H2,1H3. The van der Waals surface area contributed by atoms with Gasteiger partial charge in [0.1, 0.15) is 0 Å². The lowest BCUT2D eigenvalue weighted by Gasteiger charge is -2.31. The molecule has 0 saturated carbocycles. The first kappa shape index (κ1) is 15.0. The second-order valence-corrected chi connectivity index (χ2v) is 5.65. The molecule has 0 radical (unpaired) electrons. The molecule has 1 aliphatic heterocycles. The van der Waals surface area contributed by atoms with E-state index in [9.17, 15) is 4.79 Å². The predicted molar refractivity (Wildman–Crippen MR) is 78.8 cm³/mol. The van der Waals surface area contributed by atoms with Crippen molar-refractivity contribution in [1.29, 1.82) is 0 Å². The molecule has 1 aromatic heterocycles. The van der Waals surface area contributed by atoms with Crippen molar-refractivity contribution in [2.75, 3.05) is 26.9 Å². The maximum atomic E-state index is 12.4. The number of hydrogen-bond donors (Lipinski definition) is 1. The van der Waals surface area contributed by atoms with Crippen LogP contribution in [0.5, 0.6) is 0 Å². The molecule has 5 heteroatoms. The number of ether oxygens (including phenoxy) is 1. The fraction of sp³-hybridized carbons (Fsp3) is 0.533. The molecule has 0 unspecified atom stereocenters. The third-order valence-electron chi connectivity index (χ3n) is 3.35. The predicted octanol–water partition coefficient (Wildman–Crippen LogP) is 1.73. The van der Waals surface area contributed by atoms with Crippen LogP contribution in [0.25, 0.3) is 0 Å². The summed E-state index contributed by atoms with van der Waals surface area (Å²) in [5.41, 5.74) is 0.692. The van der Waals surface area contributed by atoms with E-state index in [4.69, 9.17) is 9.84 Å². The molecule has 4 nitrogen and oxygen atoms in total. The Bertz CT molecular complexity index is 509. The van der Waals surface area contributed by atoms with Gasteiger partial charge in [-0.1, -0.05) is 11.8 Å². The van der Waals surface area contributed by atoms with E-state index in [1.54, 1.807) is 0 Å².